The van der Waals surface area contributed by atoms with E-state index < -0.39 is 29.0 Å². The highest BCUT2D eigenvalue weighted by Crippen LogP contribution is 2.31. The molecule has 2 atom stereocenters. The molecule has 0 heterocycles. The summed E-state index contributed by atoms with van der Waals surface area (Å²) in [5, 5.41) is 2.53. The zero-order valence-electron chi connectivity index (χ0n) is 11.6. The van der Waals surface area contributed by atoms with Crippen LogP contribution in [0.4, 0.5) is 17.6 Å². The number of amides is 1. The van der Waals surface area contributed by atoms with Gasteiger partial charge in [0.2, 0.25) is 0 Å². The fourth-order valence-corrected chi connectivity index (χ4v) is 2.72. The van der Waals surface area contributed by atoms with Crippen LogP contribution in [0, 0.1) is 17.7 Å². The average Bonchev–Trinajstić information content (AvgIpc) is 2.81. The molecule has 2 unspecified atom stereocenters. The highest BCUT2D eigenvalue weighted by molar-refractivity contribution is 5.94. The Bertz CT molecular complexity index is 527. The van der Waals surface area contributed by atoms with Gasteiger partial charge in [-0.05, 0) is 42.9 Å². The molecule has 2 nitrogen and oxygen atoms in total. The predicted molar refractivity (Wildman–Crippen MR) is 70.2 cm³/mol. The largest absolute Gasteiger partial charge is 0.416 e. The first-order valence-corrected chi connectivity index (χ1v) is 6.92. The molecule has 1 aromatic rings. The Labute approximate surface area is 120 Å². The van der Waals surface area contributed by atoms with E-state index in [-0.39, 0.29) is 0 Å². The molecule has 6 heteroatoms. The van der Waals surface area contributed by atoms with Gasteiger partial charge in [0.15, 0.2) is 0 Å². The molecule has 1 aliphatic carbocycles. The lowest BCUT2D eigenvalue weighted by molar-refractivity contribution is -0.137. The lowest BCUT2D eigenvalue weighted by atomic mass is 10.1. The molecule has 1 amide bonds. The maximum Gasteiger partial charge on any atom is 0.416 e. The summed E-state index contributed by atoms with van der Waals surface area (Å²) in [5.74, 6) is -0.826. The topological polar surface area (TPSA) is 29.1 Å². The highest BCUT2D eigenvalue weighted by atomic mass is 19.4. The van der Waals surface area contributed by atoms with Crippen molar-refractivity contribution >= 4 is 5.91 Å². The zero-order valence-corrected chi connectivity index (χ0v) is 11.6. The minimum Gasteiger partial charge on any atom is -0.352 e. The fourth-order valence-electron chi connectivity index (χ4n) is 2.72. The van der Waals surface area contributed by atoms with Crippen molar-refractivity contribution in [2.75, 3.05) is 6.54 Å². The van der Waals surface area contributed by atoms with E-state index in [1.54, 1.807) is 0 Å². The van der Waals surface area contributed by atoms with Crippen molar-refractivity contribution in [1.29, 1.82) is 0 Å². The Kier molecular flexibility index (Phi) is 4.54. The number of halogens is 4. The standard InChI is InChI=1S/C15H17F4NO/c1-9-2-3-10(6-9)8-20-14(21)12-7-11(15(17,18)19)4-5-13(12)16/h4-5,7,9-10H,2-3,6,8H2,1H3,(H,20,21). The van der Waals surface area contributed by atoms with Crippen molar-refractivity contribution in [2.45, 2.75) is 32.4 Å². The summed E-state index contributed by atoms with van der Waals surface area (Å²) in [4.78, 5) is 11.9. The summed E-state index contributed by atoms with van der Waals surface area (Å²) in [6.45, 7) is 2.49. The summed E-state index contributed by atoms with van der Waals surface area (Å²) in [7, 11) is 0. The first kappa shape index (κ1) is 15.8. The Morgan fingerprint density at radius 2 is 2.05 bits per heavy atom. The van der Waals surface area contributed by atoms with Crippen LogP contribution >= 0.6 is 0 Å². The summed E-state index contributed by atoms with van der Waals surface area (Å²) in [6.07, 6.45) is -1.56. The smallest absolute Gasteiger partial charge is 0.352 e. The van der Waals surface area contributed by atoms with Crippen LogP contribution in [0.15, 0.2) is 18.2 Å². The van der Waals surface area contributed by atoms with Crippen molar-refractivity contribution in [3.63, 3.8) is 0 Å². The van der Waals surface area contributed by atoms with Gasteiger partial charge in [-0.15, -0.1) is 0 Å². The van der Waals surface area contributed by atoms with Crippen molar-refractivity contribution < 1.29 is 22.4 Å². The average molecular weight is 303 g/mol. The van der Waals surface area contributed by atoms with E-state index in [0.717, 1.165) is 19.3 Å². The van der Waals surface area contributed by atoms with Crippen molar-refractivity contribution in [3.05, 3.63) is 35.1 Å². The maximum absolute atomic E-state index is 13.5. The molecule has 1 saturated carbocycles. The van der Waals surface area contributed by atoms with Gasteiger partial charge < -0.3 is 5.32 Å². The number of hydrogen-bond acceptors (Lipinski definition) is 1. The molecular weight excluding hydrogens is 286 g/mol. The SMILES string of the molecule is CC1CCC(CNC(=O)c2cc(C(F)(F)F)ccc2F)C1. The first-order valence-electron chi connectivity index (χ1n) is 6.92. The van der Waals surface area contributed by atoms with Crippen LogP contribution < -0.4 is 5.32 Å². The number of carbonyl (C=O) groups excluding carboxylic acids is 1. The van der Waals surface area contributed by atoms with Gasteiger partial charge in [0, 0.05) is 6.54 Å². The van der Waals surface area contributed by atoms with Gasteiger partial charge in [0.1, 0.15) is 5.82 Å². The maximum atomic E-state index is 13.5. The molecule has 116 valence electrons. The Hall–Kier alpha value is -1.59. The quantitative estimate of drug-likeness (QED) is 0.840. The second-order valence-electron chi connectivity index (χ2n) is 5.69. The molecule has 1 aliphatic rings. The van der Waals surface area contributed by atoms with Crippen LogP contribution in [0.25, 0.3) is 0 Å². The second kappa shape index (κ2) is 6.03. The number of rotatable bonds is 3. The van der Waals surface area contributed by atoms with Crippen molar-refractivity contribution in [3.8, 4) is 0 Å². The molecule has 21 heavy (non-hydrogen) atoms. The third kappa shape index (κ3) is 3.95. The van der Waals surface area contributed by atoms with Gasteiger partial charge in [0.05, 0.1) is 11.1 Å². The minimum atomic E-state index is -4.59. The molecular formula is C15H17F4NO. The van der Waals surface area contributed by atoms with Gasteiger partial charge in [-0.2, -0.15) is 13.2 Å². The monoisotopic (exact) mass is 303 g/mol. The normalized spacial score (nSPS) is 22.3. The molecule has 0 aromatic heterocycles. The fraction of sp³-hybridized carbons (Fsp3) is 0.533. The molecule has 1 fully saturated rings. The van der Waals surface area contributed by atoms with E-state index >= 15 is 0 Å². The van der Waals surface area contributed by atoms with E-state index in [1.165, 1.54) is 0 Å². The molecule has 1 aromatic carbocycles. The van der Waals surface area contributed by atoms with E-state index in [1.807, 2.05) is 0 Å². The van der Waals surface area contributed by atoms with E-state index in [2.05, 4.69) is 12.2 Å². The molecule has 1 N–H and O–H groups in total. The Balaban J connectivity index is 2.04. The highest BCUT2D eigenvalue weighted by Gasteiger charge is 2.32. The third-order valence-corrected chi connectivity index (χ3v) is 3.89. The zero-order chi connectivity index (χ0) is 15.6. The number of hydrogen-bond donors (Lipinski definition) is 1. The predicted octanol–water partition coefficient (Wildman–Crippen LogP) is 4.01. The van der Waals surface area contributed by atoms with Crippen LogP contribution in [-0.2, 0) is 6.18 Å². The molecule has 0 spiro atoms. The van der Waals surface area contributed by atoms with Gasteiger partial charge in [-0.3, -0.25) is 4.79 Å². The minimum absolute atomic E-state index is 0.317. The summed E-state index contributed by atoms with van der Waals surface area (Å²) >= 11 is 0. The third-order valence-electron chi connectivity index (χ3n) is 3.89. The van der Waals surface area contributed by atoms with Crippen molar-refractivity contribution in [2.24, 2.45) is 11.8 Å². The van der Waals surface area contributed by atoms with Crippen LogP contribution in [-0.4, -0.2) is 12.5 Å². The van der Waals surface area contributed by atoms with Crippen LogP contribution in [0.1, 0.15) is 42.1 Å². The summed E-state index contributed by atoms with van der Waals surface area (Å²) < 4.78 is 51.3. The summed E-state index contributed by atoms with van der Waals surface area (Å²) in [5.41, 5.74) is -1.58. The molecule has 2 rings (SSSR count). The number of alkyl halides is 3. The molecule has 0 saturated heterocycles. The lowest BCUT2D eigenvalue weighted by Gasteiger charge is -2.13. The van der Waals surface area contributed by atoms with E-state index in [9.17, 15) is 22.4 Å². The van der Waals surface area contributed by atoms with Crippen LogP contribution in [0.5, 0.6) is 0 Å². The molecule has 0 bridgehead atoms. The van der Waals surface area contributed by atoms with Crippen LogP contribution in [0.2, 0.25) is 0 Å². The molecule has 0 radical (unpaired) electrons. The van der Waals surface area contributed by atoms with Gasteiger partial charge in [-0.1, -0.05) is 13.3 Å². The van der Waals surface area contributed by atoms with Crippen molar-refractivity contribution in [1.82, 2.24) is 5.32 Å². The van der Waals surface area contributed by atoms with Gasteiger partial charge in [0.25, 0.3) is 5.91 Å². The lowest BCUT2D eigenvalue weighted by Crippen LogP contribution is -2.29. The Morgan fingerprint density at radius 1 is 1.33 bits per heavy atom. The van der Waals surface area contributed by atoms with Gasteiger partial charge in [-0.25, -0.2) is 4.39 Å². The number of nitrogens with one attached hydrogen (secondary N) is 1. The van der Waals surface area contributed by atoms with Crippen LogP contribution in [0.3, 0.4) is 0 Å². The number of carbonyl (C=O) groups is 1. The number of benzene rings is 1. The first-order chi connectivity index (χ1) is 9.77. The molecule has 0 aliphatic heterocycles. The Morgan fingerprint density at radius 3 is 2.62 bits per heavy atom. The summed E-state index contributed by atoms with van der Waals surface area (Å²) in [6, 6.07) is 1.86. The van der Waals surface area contributed by atoms with E-state index in [0.29, 0.717) is 36.6 Å². The van der Waals surface area contributed by atoms with Gasteiger partial charge >= 0.3 is 6.18 Å². The van der Waals surface area contributed by atoms with E-state index in [4.69, 9.17) is 0 Å². The second-order valence-corrected chi connectivity index (χ2v) is 5.69.